The number of carboxylic acid groups (broad SMARTS) is 1. The van der Waals surface area contributed by atoms with Crippen molar-refractivity contribution >= 4 is 39.4 Å². The Morgan fingerprint density at radius 2 is 1.75 bits per heavy atom. The van der Waals surface area contributed by atoms with Gasteiger partial charge in [0.25, 0.3) is 0 Å². The Labute approximate surface area is 153 Å². The molecule has 2 rings (SSSR count). The SMILES string of the molecule is CCOc1ccc(C(=O)C[C@@H](Sc2ccc(Br)cc2)C(=O)[O-])cc1. The van der Waals surface area contributed by atoms with Crippen LogP contribution in [0.25, 0.3) is 0 Å². The zero-order chi connectivity index (χ0) is 17.5. The number of ether oxygens (including phenoxy) is 1. The molecule has 2 aromatic rings. The molecule has 0 bridgehead atoms. The van der Waals surface area contributed by atoms with E-state index >= 15 is 0 Å². The number of rotatable bonds is 8. The molecule has 6 heteroatoms. The van der Waals surface area contributed by atoms with Gasteiger partial charge in [-0.15, -0.1) is 11.8 Å². The summed E-state index contributed by atoms with van der Waals surface area (Å²) >= 11 is 4.44. The highest BCUT2D eigenvalue weighted by Crippen LogP contribution is 2.27. The van der Waals surface area contributed by atoms with Gasteiger partial charge in [-0.05, 0) is 55.5 Å². The second-order valence-electron chi connectivity index (χ2n) is 4.96. The van der Waals surface area contributed by atoms with E-state index in [0.29, 0.717) is 17.9 Å². The van der Waals surface area contributed by atoms with Gasteiger partial charge in [-0.2, -0.15) is 0 Å². The van der Waals surface area contributed by atoms with Crippen LogP contribution in [0.4, 0.5) is 0 Å². The predicted molar refractivity (Wildman–Crippen MR) is 95.4 cm³/mol. The van der Waals surface area contributed by atoms with Gasteiger partial charge in [0.1, 0.15) is 5.75 Å². The number of halogens is 1. The lowest BCUT2D eigenvalue weighted by molar-refractivity contribution is -0.304. The molecule has 126 valence electrons. The number of carbonyl (C=O) groups excluding carboxylic acids is 2. The number of thioether (sulfide) groups is 1. The molecule has 1 atom stereocenters. The third-order valence-electron chi connectivity index (χ3n) is 3.21. The van der Waals surface area contributed by atoms with E-state index in [-0.39, 0.29) is 12.2 Å². The lowest BCUT2D eigenvalue weighted by Gasteiger charge is -2.17. The van der Waals surface area contributed by atoms with Gasteiger partial charge in [0.05, 0.1) is 17.8 Å². The summed E-state index contributed by atoms with van der Waals surface area (Å²) in [6.45, 7) is 2.42. The summed E-state index contributed by atoms with van der Waals surface area (Å²) in [7, 11) is 0. The second kappa shape index (κ2) is 8.89. The number of Topliss-reactive ketones (excluding diaryl/α,β-unsaturated/α-hetero) is 1. The van der Waals surface area contributed by atoms with E-state index in [4.69, 9.17) is 4.74 Å². The number of ketones is 1. The lowest BCUT2D eigenvalue weighted by atomic mass is 10.1. The molecule has 0 aromatic heterocycles. The quantitative estimate of drug-likeness (QED) is 0.495. The third-order valence-corrected chi connectivity index (χ3v) is 4.93. The molecule has 24 heavy (non-hydrogen) atoms. The minimum Gasteiger partial charge on any atom is -0.549 e. The predicted octanol–water partition coefficient (Wildman–Crippen LogP) is 3.33. The fourth-order valence-corrected chi connectivity index (χ4v) is 3.26. The monoisotopic (exact) mass is 407 g/mol. The highest BCUT2D eigenvalue weighted by Gasteiger charge is 2.18. The van der Waals surface area contributed by atoms with Gasteiger partial charge >= 0.3 is 0 Å². The molecule has 0 aliphatic carbocycles. The van der Waals surface area contributed by atoms with Crippen LogP contribution < -0.4 is 9.84 Å². The molecule has 4 nitrogen and oxygen atoms in total. The maximum absolute atomic E-state index is 12.3. The van der Waals surface area contributed by atoms with Gasteiger partial charge in [0, 0.05) is 21.4 Å². The first-order valence-corrected chi connectivity index (χ1v) is 9.06. The normalized spacial score (nSPS) is 11.8. The summed E-state index contributed by atoms with van der Waals surface area (Å²) in [5, 5.41) is 10.4. The van der Waals surface area contributed by atoms with E-state index in [2.05, 4.69) is 15.9 Å². The van der Waals surface area contributed by atoms with Crippen LogP contribution in [0.5, 0.6) is 5.75 Å². The van der Waals surface area contributed by atoms with Crippen LogP contribution >= 0.6 is 27.7 Å². The standard InChI is InChI=1S/C18H17BrO4S/c1-2-23-14-7-3-12(4-8-14)16(20)11-17(18(21)22)24-15-9-5-13(19)6-10-15/h3-10,17H,2,11H2,1H3,(H,21,22)/p-1/t17-/m1/s1. The first-order valence-electron chi connectivity index (χ1n) is 7.38. The van der Waals surface area contributed by atoms with E-state index in [1.165, 1.54) is 0 Å². The first kappa shape index (κ1) is 18.5. The molecule has 0 saturated heterocycles. The van der Waals surface area contributed by atoms with Gasteiger partial charge in [-0.3, -0.25) is 4.79 Å². The Morgan fingerprint density at radius 3 is 2.29 bits per heavy atom. The first-order chi connectivity index (χ1) is 11.5. The molecule has 0 heterocycles. The average Bonchev–Trinajstić information content (AvgIpc) is 2.57. The fourth-order valence-electron chi connectivity index (χ4n) is 2.04. The van der Waals surface area contributed by atoms with Crippen molar-refractivity contribution in [1.82, 2.24) is 0 Å². The van der Waals surface area contributed by atoms with Gasteiger partial charge in [0.2, 0.25) is 0 Å². The van der Waals surface area contributed by atoms with Crippen molar-refractivity contribution < 1.29 is 19.4 Å². The summed E-state index contributed by atoms with van der Waals surface area (Å²) < 4.78 is 6.23. The Hall–Kier alpha value is -1.79. The number of aliphatic carboxylic acids is 1. The average molecular weight is 408 g/mol. The molecule has 0 radical (unpaired) electrons. The van der Waals surface area contributed by atoms with Gasteiger partial charge < -0.3 is 14.6 Å². The third kappa shape index (κ3) is 5.39. The molecule has 0 N–H and O–H groups in total. The second-order valence-corrected chi connectivity index (χ2v) is 7.16. The van der Waals surface area contributed by atoms with Gasteiger partial charge in [-0.25, -0.2) is 0 Å². The van der Waals surface area contributed by atoms with Crippen LogP contribution in [0, 0.1) is 0 Å². The largest absolute Gasteiger partial charge is 0.549 e. The van der Waals surface area contributed by atoms with Crippen LogP contribution in [-0.4, -0.2) is 23.6 Å². The number of benzene rings is 2. The fraction of sp³-hybridized carbons (Fsp3) is 0.222. The van der Waals surface area contributed by atoms with E-state index in [1.807, 2.05) is 19.1 Å². The number of carboxylic acids is 1. The maximum atomic E-state index is 12.3. The molecule has 0 amide bonds. The summed E-state index contributed by atoms with van der Waals surface area (Å²) in [5.74, 6) is -0.811. The summed E-state index contributed by atoms with van der Waals surface area (Å²) in [4.78, 5) is 24.5. The van der Waals surface area contributed by atoms with Crippen molar-refractivity contribution in [2.24, 2.45) is 0 Å². The van der Waals surface area contributed by atoms with Crippen LogP contribution in [0.2, 0.25) is 0 Å². The van der Waals surface area contributed by atoms with Crippen LogP contribution in [0.3, 0.4) is 0 Å². The van der Waals surface area contributed by atoms with E-state index in [0.717, 1.165) is 21.1 Å². The molecular formula is C18H16BrO4S-. The highest BCUT2D eigenvalue weighted by molar-refractivity contribution is 9.10. The van der Waals surface area contributed by atoms with Crippen LogP contribution in [0.15, 0.2) is 57.9 Å². The zero-order valence-electron chi connectivity index (χ0n) is 13.0. The Kier molecular flexibility index (Phi) is 6.87. The summed E-state index contributed by atoms with van der Waals surface area (Å²) in [5.41, 5.74) is 0.459. The van der Waals surface area contributed by atoms with Crippen molar-refractivity contribution in [2.75, 3.05) is 6.61 Å². The smallest absolute Gasteiger partial charge is 0.164 e. The van der Waals surface area contributed by atoms with Crippen LogP contribution in [0.1, 0.15) is 23.7 Å². The molecule has 0 saturated carbocycles. The molecule has 0 spiro atoms. The highest BCUT2D eigenvalue weighted by atomic mass is 79.9. The summed E-state index contributed by atoms with van der Waals surface area (Å²) in [6, 6.07) is 13.9. The summed E-state index contributed by atoms with van der Waals surface area (Å²) in [6.07, 6.45) is -0.128. The van der Waals surface area contributed by atoms with Gasteiger partial charge in [0.15, 0.2) is 5.78 Å². The van der Waals surface area contributed by atoms with Crippen molar-refractivity contribution in [1.29, 1.82) is 0 Å². The maximum Gasteiger partial charge on any atom is 0.164 e. The number of hydrogen-bond acceptors (Lipinski definition) is 5. The molecule has 0 aliphatic rings. The van der Waals surface area contributed by atoms with Gasteiger partial charge in [-0.1, -0.05) is 15.9 Å². The Bertz CT molecular complexity index is 698. The zero-order valence-corrected chi connectivity index (χ0v) is 15.4. The minimum atomic E-state index is -1.25. The Balaban J connectivity index is 2.05. The van der Waals surface area contributed by atoms with Crippen molar-refractivity contribution in [3.05, 3.63) is 58.6 Å². The molecule has 2 aromatic carbocycles. The molecule has 0 unspecified atom stereocenters. The van der Waals surface area contributed by atoms with E-state index in [1.54, 1.807) is 36.4 Å². The number of carbonyl (C=O) groups is 2. The topological polar surface area (TPSA) is 66.4 Å². The van der Waals surface area contributed by atoms with Crippen LogP contribution in [-0.2, 0) is 4.79 Å². The minimum absolute atomic E-state index is 0.128. The van der Waals surface area contributed by atoms with E-state index in [9.17, 15) is 14.7 Å². The number of hydrogen-bond donors (Lipinski definition) is 0. The molecular weight excluding hydrogens is 392 g/mol. The Morgan fingerprint density at radius 1 is 1.12 bits per heavy atom. The van der Waals surface area contributed by atoms with Crippen molar-refractivity contribution in [2.45, 2.75) is 23.5 Å². The van der Waals surface area contributed by atoms with Crippen molar-refractivity contribution in [3.63, 3.8) is 0 Å². The van der Waals surface area contributed by atoms with Crippen molar-refractivity contribution in [3.8, 4) is 5.75 Å². The molecule has 0 aliphatic heterocycles. The molecule has 0 fully saturated rings. The van der Waals surface area contributed by atoms with E-state index < -0.39 is 11.2 Å². The lowest BCUT2D eigenvalue weighted by Crippen LogP contribution is -2.35.